The summed E-state index contributed by atoms with van der Waals surface area (Å²) in [5.74, 6) is -1.91. The van der Waals surface area contributed by atoms with Gasteiger partial charge in [-0.3, -0.25) is 9.36 Å². The fourth-order valence-electron chi connectivity index (χ4n) is 2.23. The molecule has 1 aromatic carbocycles. The van der Waals surface area contributed by atoms with Crippen molar-refractivity contribution in [2.24, 2.45) is 0 Å². The number of hydrogen-bond acceptors (Lipinski definition) is 4. The van der Waals surface area contributed by atoms with Crippen LogP contribution >= 0.6 is 23.6 Å². The summed E-state index contributed by atoms with van der Waals surface area (Å²) in [6.07, 6.45) is 2.98. The minimum absolute atomic E-state index is 0.0855. The second-order valence-corrected chi connectivity index (χ2v) is 6.45. The van der Waals surface area contributed by atoms with Crippen LogP contribution in [0, 0.1) is 15.6 Å². The molecule has 8 heteroatoms. The highest BCUT2D eigenvalue weighted by atomic mass is 32.1. The van der Waals surface area contributed by atoms with Crippen molar-refractivity contribution in [3.63, 3.8) is 0 Å². The van der Waals surface area contributed by atoms with E-state index in [1.54, 1.807) is 10.6 Å². The summed E-state index contributed by atoms with van der Waals surface area (Å²) in [7, 11) is 0. The second kappa shape index (κ2) is 6.13. The van der Waals surface area contributed by atoms with E-state index in [9.17, 15) is 13.6 Å². The summed E-state index contributed by atoms with van der Waals surface area (Å²) in [6.45, 7) is 4.00. The van der Waals surface area contributed by atoms with Gasteiger partial charge in [-0.25, -0.2) is 13.8 Å². The molecule has 4 nitrogen and oxygen atoms in total. The Morgan fingerprint density at radius 2 is 2.17 bits per heavy atom. The quantitative estimate of drug-likeness (QED) is 0.533. The van der Waals surface area contributed by atoms with Gasteiger partial charge in [-0.15, -0.1) is 6.58 Å². The molecule has 0 N–H and O–H groups in total. The highest BCUT2D eigenvalue weighted by Gasteiger charge is 2.13. The molecule has 0 fully saturated rings. The van der Waals surface area contributed by atoms with Crippen LogP contribution in [0.15, 0.2) is 42.0 Å². The standard InChI is InChI=1S/C15H11F2N3OS2/c1-2-6-20-13-12(23-15(20)22)14(21)19(8-18-13)7-9-4-3-5-10(16)11(9)17/h2-5,8H,1,6-7H2. The number of fused-ring (bicyclic) bond motifs is 1. The lowest BCUT2D eigenvalue weighted by atomic mass is 10.2. The first-order chi connectivity index (χ1) is 11.0. The third-order valence-electron chi connectivity index (χ3n) is 3.33. The van der Waals surface area contributed by atoms with E-state index in [1.165, 1.54) is 23.0 Å². The van der Waals surface area contributed by atoms with Crippen LogP contribution in [0.1, 0.15) is 5.56 Å². The molecular weight excluding hydrogens is 340 g/mol. The van der Waals surface area contributed by atoms with Gasteiger partial charge in [0.25, 0.3) is 5.56 Å². The van der Waals surface area contributed by atoms with E-state index in [2.05, 4.69) is 11.6 Å². The molecule has 0 radical (unpaired) electrons. The molecule has 23 heavy (non-hydrogen) atoms. The Bertz CT molecular complexity index is 1020. The molecule has 0 atom stereocenters. The van der Waals surface area contributed by atoms with E-state index in [-0.39, 0.29) is 17.7 Å². The van der Waals surface area contributed by atoms with Gasteiger partial charge in [-0.05, 0) is 18.3 Å². The molecule has 2 aromatic heterocycles. The van der Waals surface area contributed by atoms with Gasteiger partial charge < -0.3 is 4.57 Å². The average Bonchev–Trinajstić information content (AvgIpc) is 2.84. The zero-order chi connectivity index (χ0) is 16.6. The number of nitrogens with zero attached hydrogens (tertiary/aromatic N) is 3. The van der Waals surface area contributed by atoms with Crippen molar-refractivity contribution >= 4 is 33.9 Å². The normalized spacial score (nSPS) is 11.0. The van der Waals surface area contributed by atoms with Crippen LogP contribution < -0.4 is 5.56 Å². The molecule has 0 amide bonds. The van der Waals surface area contributed by atoms with Gasteiger partial charge in [0.2, 0.25) is 0 Å². The maximum Gasteiger partial charge on any atom is 0.273 e. The smallest absolute Gasteiger partial charge is 0.273 e. The zero-order valence-corrected chi connectivity index (χ0v) is 13.5. The van der Waals surface area contributed by atoms with Gasteiger partial charge in [-0.1, -0.05) is 29.5 Å². The van der Waals surface area contributed by atoms with Crippen LogP contribution in [-0.4, -0.2) is 14.1 Å². The number of hydrogen-bond donors (Lipinski definition) is 0. The number of allylic oxidation sites excluding steroid dienone is 1. The van der Waals surface area contributed by atoms with Gasteiger partial charge in [0.1, 0.15) is 11.0 Å². The van der Waals surface area contributed by atoms with Crippen molar-refractivity contribution in [3.05, 3.63) is 68.7 Å². The number of benzene rings is 1. The Balaban J connectivity index is 2.12. The topological polar surface area (TPSA) is 39.8 Å². The molecule has 118 valence electrons. The van der Waals surface area contributed by atoms with E-state index in [1.807, 2.05) is 0 Å². The monoisotopic (exact) mass is 351 g/mol. The summed E-state index contributed by atoms with van der Waals surface area (Å²) in [5.41, 5.74) is 0.223. The van der Waals surface area contributed by atoms with Gasteiger partial charge in [-0.2, -0.15) is 0 Å². The molecular formula is C15H11F2N3OS2. The lowest BCUT2D eigenvalue weighted by Gasteiger charge is -2.07. The van der Waals surface area contributed by atoms with Crippen LogP contribution in [0.4, 0.5) is 8.78 Å². The predicted molar refractivity (Wildman–Crippen MR) is 88.4 cm³/mol. The van der Waals surface area contributed by atoms with Crippen LogP contribution in [-0.2, 0) is 13.1 Å². The first-order valence-electron chi connectivity index (χ1n) is 6.65. The molecule has 0 bridgehead atoms. The van der Waals surface area contributed by atoms with Gasteiger partial charge in [0, 0.05) is 12.1 Å². The molecule has 0 aliphatic heterocycles. The fraction of sp³-hybridized carbons (Fsp3) is 0.133. The number of halogens is 2. The van der Waals surface area contributed by atoms with E-state index in [4.69, 9.17) is 12.2 Å². The van der Waals surface area contributed by atoms with Crippen molar-refractivity contribution in [2.45, 2.75) is 13.1 Å². The third-order valence-corrected chi connectivity index (χ3v) is 4.75. The minimum Gasteiger partial charge on any atom is -0.304 e. The highest BCUT2D eigenvalue weighted by Crippen LogP contribution is 2.18. The second-order valence-electron chi connectivity index (χ2n) is 4.81. The summed E-state index contributed by atoms with van der Waals surface area (Å²) < 4.78 is 30.9. The zero-order valence-electron chi connectivity index (χ0n) is 11.8. The summed E-state index contributed by atoms with van der Waals surface area (Å²) in [6, 6.07) is 3.86. The maximum absolute atomic E-state index is 13.8. The van der Waals surface area contributed by atoms with Gasteiger partial charge in [0.15, 0.2) is 21.2 Å². The number of thiazole rings is 1. The fourth-order valence-corrected chi connectivity index (χ4v) is 3.54. The molecule has 0 spiro atoms. The van der Waals surface area contributed by atoms with Gasteiger partial charge in [0.05, 0.1) is 6.54 Å². The minimum atomic E-state index is -0.962. The summed E-state index contributed by atoms with van der Waals surface area (Å²) in [5, 5.41) is 0. The predicted octanol–water partition coefficient (Wildman–Crippen LogP) is 3.50. The first kappa shape index (κ1) is 15.7. The number of aromatic nitrogens is 3. The van der Waals surface area contributed by atoms with E-state index >= 15 is 0 Å². The highest BCUT2D eigenvalue weighted by molar-refractivity contribution is 7.73. The van der Waals surface area contributed by atoms with Crippen LogP contribution in [0.5, 0.6) is 0 Å². The largest absolute Gasteiger partial charge is 0.304 e. The molecule has 3 aromatic rings. The van der Waals surface area contributed by atoms with Crippen molar-refractivity contribution < 1.29 is 8.78 Å². The van der Waals surface area contributed by atoms with E-state index in [0.717, 1.165) is 17.4 Å². The van der Waals surface area contributed by atoms with Crippen LogP contribution in [0.25, 0.3) is 10.3 Å². The third kappa shape index (κ3) is 2.75. The number of rotatable bonds is 4. The average molecular weight is 351 g/mol. The van der Waals surface area contributed by atoms with Crippen molar-refractivity contribution in [1.82, 2.24) is 14.1 Å². The molecule has 0 saturated carbocycles. The van der Waals surface area contributed by atoms with Crippen LogP contribution in [0.3, 0.4) is 0 Å². The summed E-state index contributed by atoms with van der Waals surface area (Å²) >= 11 is 6.37. The van der Waals surface area contributed by atoms with E-state index < -0.39 is 11.6 Å². The first-order valence-corrected chi connectivity index (χ1v) is 7.88. The lowest BCUT2D eigenvalue weighted by Crippen LogP contribution is -2.21. The molecule has 2 heterocycles. The van der Waals surface area contributed by atoms with Crippen LogP contribution in [0.2, 0.25) is 0 Å². The van der Waals surface area contributed by atoms with Crippen molar-refractivity contribution in [3.8, 4) is 0 Å². The molecule has 0 unspecified atom stereocenters. The van der Waals surface area contributed by atoms with Gasteiger partial charge >= 0.3 is 0 Å². The summed E-state index contributed by atoms with van der Waals surface area (Å²) in [4.78, 5) is 16.8. The van der Waals surface area contributed by atoms with Crippen molar-refractivity contribution in [1.29, 1.82) is 0 Å². The Morgan fingerprint density at radius 1 is 1.39 bits per heavy atom. The van der Waals surface area contributed by atoms with Crippen molar-refractivity contribution in [2.75, 3.05) is 0 Å². The Labute approximate surface area is 139 Å². The Hall–Kier alpha value is -2.19. The molecule has 0 aliphatic rings. The Kier molecular flexibility index (Phi) is 4.18. The SMILES string of the molecule is C=CCn1c(=S)sc2c(=O)n(Cc3cccc(F)c3F)cnc21. The Morgan fingerprint density at radius 3 is 2.91 bits per heavy atom. The molecule has 3 rings (SSSR count). The van der Waals surface area contributed by atoms with E-state index in [0.29, 0.717) is 20.8 Å². The molecule has 0 saturated heterocycles. The molecule has 0 aliphatic carbocycles. The lowest BCUT2D eigenvalue weighted by molar-refractivity contribution is 0.494. The maximum atomic E-state index is 13.8.